The molecule has 1 aliphatic rings. The van der Waals surface area contributed by atoms with Gasteiger partial charge in [-0.1, -0.05) is 0 Å². The maximum Gasteiger partial charge on any atom is 0.320 e. The molecular formula is C12H19N3O2S. The average molecular weight is 269 g/mol. The highest BCUT2D eigenvalue weighted by molar-refractivity contribution is 7.15. The summed E-state index contributed by atoms with van der Waals surface area (Å²) >= 11 is 1.72. The topological polar surface area (TPSA) is 56.7 Å². The Hall–Kier alpha value is -1.14. The van der Waals surface area contributed by atoms with Gasteiger partial charge in [-0.15, -0.1) is 11.3 Å². The molecule has 1 unspecified atom stereocenters. The Morgan fingerprint density at radius 3 is 2.39 bits per heavy atom. The van der Waals surface area contributed by atoms with Crippen LogP contribution in [-0.4, -0.2) is 53.2 Å². The number of carbonyl (C=O) groups is 1. The second-order valence-electron chi connectivity index (χ2n) is 4.68. The molecule has 1 fully saturated rings. The lowest BCUT2D eigenvalue weighted by Gasteiger charge is -2.36. The quantitative estimate of drug-likeness (QED) is 0.898. The number of nitrogens with zero attached hydrogens (tertiary/aromatic N) is 3. The van der Waals surface area contributed by atoms with Gasteiger partial charge >= 0.3 is 5.97 Å². The zero-order chi connectivity index (χ0) is 13.3. The Morgan fingerprint density at radius 2 is 1.94 bits per heavy atom. The standard InChI is InChI=1S/C12H19N3O2S/c1-8-10(3)18-12(13-8)15-6-4-14(5-7-15)9(2)11(16)17/h9H,4-7H2,1-3H3,(H,16,17). The van der Waals surface area contributed by atoms with Gasteiger partial charge in [0.1, 0.15) is 6.04 Å². The normalized spacial score (nSPS) is 18.9. The summed E-state index contributed by atoms with van der Waals surface area (Å²) in [4.78, 5) is 21.0. The predicted octanol–water partition coefficient (Wildman–Crippen LogP) is 1.36. The Labute approximate surface area is 111 Å². The van der Waals surface area contributed by atoms with E-state index in [1.165, 1.54) is 4.88 Å². The van der Waals surface area contributed by atoms with Crippen molar-refractivity contribution in [3.63, 3.8) is 0 Å². The van der Waals surface area contributed by atoms with Gasteiger partial charge in [0.05, 0.1) is 5.69 Å². The molecule has 0 bridgehead atoms. The minimum Gasteiger partial charge on any atom is -0.480 e. The zero-order valence-electron chi connectivity index (χ0n) is 11.0. The van der Waals surface area contributed by atoms with E-state index in [-0.39, 0.29) is 0 Å². The summed E-state index contributed by atoms with van der Waals surface area (Å²) in [5, 5.41) is 10.1. The van der Waals surface area contributed by atoms with Crippen molar-refractivity contribution in [2.45, 2.75) is 26.8 Å². The van der Waals surface area contributed by atoms with Crippen molar-refractivity contribution in [1.82, 2.24) is 9.88 Å². The maximum absolute atomic E-state index is 10.9. The van der Waals surface area contributed by atoms with Gasteiger partial charge in [-0.2, -0.15) is 0 Å². The fraction of sp³-hybridized carbons (Fsp3) is 0.667. The lowest BCUT2D eigenvalue weighted by molar-refractivity contribution is -0.142. The van der Waals surface area contributed by atoms with Crippen molar-refractivity contribution in [1.29, 1.82) is 0 Å². The molecule has 1 N–H and O–H groups in total. The first-order valence-electron chi connectivity index (χ1n) is 6.15. The highest BCUT2D eigenvalue weighted by Gasteiger charge is 2.26. The van der Waals surface area contributed by atoms with Crippen LogP contribution in [0.5, 0.6) is 0 Å². The van der Waals surface area contributed by atoms with Gasteiger partial charge in [-0.3, -0.25) is 9.69 Å². The Balaban J connectivity index is 1.96. The van der Waals surface area contributed by atoms with E-state index < -0.39 is 12.0 Å². The van der Waals surface area contributed by atoms with Crippen molar-refractivity contribution < 1.29 is 9.90 Å². The van der Waals surface area contributed by atoms with Crippen molar-refractivity contribution >= 4 is 22.4 Å². The third-order valence-electron chi connectivity index (χ3n) is 3.51. The van der Waals surface area contributed by atoms with Gasteiger partial charge < -0.3 is 10.0 Å². The van der Waals surface area contributed by atoms with E-state index >= 15 is 0 Å². The molecule has 0 radical (unpaired) electrons. The largest absolute Gasteiger partial charge is 0.480 e. The molecule has 2 heterocycles. The number of aliphatic carboxylic acids is 1. The van der Waals surface area contributed by atoms with E-state index in [4.69, 9.17) is 5.11 Å². The molecule has 1 saturated heterocycles. The molecule has 1 aromatic heterocycles. The maximum atomic E-state index is 10.9. The molecule has 1 aliphatic heterocycles. The summed E-state index contributed by atoms with van der Waals surface area (Å²) in [5.41, 5.74) is 1.09. The molecular weight excluding hydrogens is 250 g/mol. The van der Waals surface area contributed by atoms with Gasteiger partial charge in [-0.25, -0.2) is 4.98 Å². The molecule has 5 nitrogen and oxygen atoms in total. The molecule has 1 atom stereocenters. The number of hydrogen-bond acceptors (Lipinski definition) is 5. The fourth-order valence-corrected chi connectivity index (χ4v) is 3.01. The number of aryl methyl sites for hydroxylation is 2. The molecule has 1 aromatic rings. The summed E-state index contributed by atoms with van der Waals surface area (Å²) in [7, 11) is 0. The van der Waals surface area contributed by atoms with E-state index in [1.807, 2.05) is 11.8 Å². The van der Waals surface area contributed by atoms with Crippen LogP contribution in [0.15, 0.2) is 0 Å². The lowest BCUT2D eigenvalue weighted by atomic mass is 10.2. The highest BCUT2D eigenvalue weighted by Crippen LogP contribution is 2.26. The van der Waals surface area contributed by atoms with Gasteiger partial charge in [0.2, 0.25) is 0 Å². The van der Waals surface area contributed by atoms with Crippen LogP contribution in [0.2, 0.25) is 0 Å². The van der Waals surface area contributed by atoms with E-state index in [0.717, 1.165) is 37.0 Å². The minimum atomic E-state index is -0.746. The van der Waals surface area contributed by atoms with Crippen LogP contribution in [0.4, 0.5) is 5.13 Å². The molecule has 18 heavy (non-hydrogen) atoms. The van der Waals surface area contributed by atoms with Crippen molar-refractivity contribution in [2.24, 2.45) is 0 Å². The monoisotopic (exact) mass is 269 g/mol. The van der Waals surface area contributed by atoms with Gasteiger partial charge in [0.15, 0.2) is 5.13 Å². The first-order chi connectivity index (χ1) is 8.49. The van der Waals surface area contributed by atoms with E-state index in [2.05, 4.69) is 16.8 Å². The van der Waals surface area contributed by atoms with E-state index in [0.29, 0.717) is 0 Å². The molecule has 0 aliphatic carbocycles. The number of rotatable bonds is 3. The number of carboxylic acids is 1. The summed E-state index contributed by atoms with van der Waals surface area (Å²) in [5.74, 6) is -0.746. The number of piperazine rings is 1. The minimum absolute atomic E-state index is 0.396. The predicted molar refractivity (Wildman–Crippen MR) is 72.5 cm³/mol. The van der Waals surface area contributed by atoms with Crippen LogP contribution >= 0.6 is 11.3 Å². The molecule has 0 amide bonds. The molecule has 2 rings (SSSR count). The molecule has 0 spiro atoms. The Morgan fingerprint density at radius 1 is 1.33 bits per heavy atom. The second-order valence-corrected chi connectivity index (χ2v) is 5.86. The summed E-state index contributed by atoms with van der Waals surface area (Å²) < 4.78 is 0. The smallest absolute Gasteiger partial charge is 0.320 e. The number of thiazole rings is 1. The van der Waals surface area contributed by atoms with Crippen LogP contribution in [-0.2, 0) is 4.79 Å². The summed E-state index contributed by atoms with van der Waals surface area (Å²) in [6.07, 6.45) is 0. The van der Waals surface area contributed by atoms with Crippen molar-refractivity contribution in [2.75, 3.05) is 31.1 Å². The van der Waals surface area contributed by atoms with Crippen LogP contribution in [0.25, 0.3) is 0 Å². The summed E-state index contributed by atoms with van der Waals surface area (Å²) in [6.45, 7) is 9.12. The number of carboxylic acid groups (broad SMARTS) is 1. The number of aromatic nitrogens is 1. The molecule has 6 heteroatoms. The lowest BCUT2D eigenvalue weighted by Crippen LogP contribution is -2.51. The number of hydrogen-bond donors (Lipinski definition) is 1. The molecule has 100 valence electrons. The van der Waals surface area contributed by atoms with Crippen molar-refractivity contribution in [3.8, 4) is 0 Å². The van der Waals surface area contributed by atoms with Crippen LogP contribution < -0.4 is 4.90 Å². The van der Waals surface area contributed by atoms with Crippen LogP contribution in [0.3, 0.4) is 0 Å². The first-order valence-corrected chi connectivity index (χ1v) is 6.96. The third kappa shape index (κ3) is 2.64. The average Bonchev–Trinajstić information content (AvgIpc) is 2.69. The molecule has 0 aromatic carbocycles. The van der Waals surface area contributed by atoms with Crippen LogP contribution in [0, 0.1) is 13.8 Å². The third-order valence-corrected chi connectivity index (χ3v) is 4.64. The SMILES string of the molecule is Cc1nc(N2CCN(C(C)C(=O)O)CC2)sc1C. The molecule has 0 saturated carbocycles. The summed E-state index contributed by atoms with van der Waals surface area (Å²) in [6, 6.07) is -0.396. The first kappa shape index (κ1) is 13.3. The van der Waals surface area contributed by atoms with Gasteiger partial charge in [-0.05, 0) is 20.8 Å². The van der Waals surface area contributed by atoms with E-state index in [1.54, 1.807) is 18.3 Å². The highest BCUT2D eigenvalue weighted by atomic mass is 32.1. The van der Waals surface area contributed by atoms with Gasteiger partial charge in [0, 0.05) is 31.1 Å². The van der Waals surface area contributed by atoms with Gasteiger partial charge in [0.25, 0.3) is 0 Å². The Bertz CT molecular complexity index is 419. The van der Waals surface area contributed by atoms with Crippen LogP contribution in [0.1, 0.15) is 17.5 Å². The Kier molecular flexibility index (Phi) is 3.87. The zero-order valence-corrected chi connectivity index (χ0v) is 11.8. The fourth-order valence-electron chi connectivity index (χ4n) is 2.05. The second kappa shape index (κ2) is 5.24. The van der Waals surface area contributed by atoms with Crippen molar-refractivity contribution in [3.05, 3.63) is 10.6 Å². The number of anilines is 1. The van der Waals surface area contributed by atoms with E-state index in [9.17, 15) is 4.79 Å².